The molecule has 0 spiro atoms. The highest BCUT2D eigenvalue weighted by atomic mass is 16.3. The molecule has 3 heteroatoms. The van der Waals surface area contributed by atoms with Gasteiger partial charge in [0.05, 0.1) is 6.10 Å². The van der Waals surface area contributed by atoms with Gasteiger partial charge in [-0.3, -0.25) is 0 Å². The maximum absolute atomic E-state index is 11.2. The molecule has 0 heterocycles. The Hall–Kier alpha value is -2.13. The van der Waals surface area contributed by atoms with E-state index >= 15 is 0 Å². The predicted molar refractivity (Wildman–Crippen MR) is 150 cm³/mol. The third-order valence-electron chi connectivity index (χ3n) is 6.84. The van der Waals surface area contributed by atoms with Gasteiger partial charge in [0.2, 0.25) is 0 Å². The van der Waals surface area contributed by atoms with E-state index in [0.717, 1.165) is 49.7 Å². The summed E-state index contributed by atoms with van der Waals surface area (Å²) in [6.07, 6.45) is 20.3. The summed E-state index contributed by atoms with van der Waals surface area (Å²) < 4.78 is 0. The Morgan fingerprint density at radius 3 is 2.37 bits per heavy atom. The van der Waals surface area contributed by atoms with Crippen LogP contribution in [0.5, 0.6) is 0 Å². The molecule has 2 N–H and O–H groups in total. The molecule has 0 radical (unpaired) electrons. The smallest absolute Gasteiger partial charge is 0.130 e. The summed E-state index contributed by atoms with van der Waals surface area (Å²) in [6, 6.07) is 0. The largest absolute Gasteiger partial charge is 0.508 e. The van der Waals surface area contributed by atoms with Crippen LogP contribution < -0.4 is 0 Å². The van der Waals surface area contributed by atoms with Gasteiger partial charge in [-0.05, 0) is 87.5 Å². The van der Waals surface area contributed by atoms with Crippen molar-refractivity contribution in [2.45, 2.75) is 106 Å². The van der Waals surface area contributed by atoms with Crippen molar-refractivity contribution in [3.8, 4) is 0 Å². The Morgan fingerprint density at radius 2 is 1.74 bits per heavy atom. The number of hydrogen-bond donors (Lipinski definition) is 2. The lowest BCUT2D eigenvalue weighted by Crippen LogP contribution is -2.28. The van der Waals surface area contributed by atoms with Crippen molar-refractivity contribution < 1.29 is 15.0 Å². The molecule has 0 saturated heterocycles. The molecule has 0 aromatic heterocycles. The van der Waals surface area contributed by atoms with Gasteiger partial charge in [-0.25, -0.2) is 0 Å². The van der Waals surface area contributed by atoms with Crippen LogP contribution in [0.1, 0.15) is 100 Å². The second-order valence-corrected chi connectivity index (χ2v) is 11.5. The summed E-state index contributed by atoms with van der Waals surface area (Å²) in [5, 5.41) is 20.3. The van der Waals surface area contributed by atoms with Gasteiger partial charge in [-0.1, -0.05) is 88.5 Å². The van der Waals surface area contributed by atoms with Crippen LogP contribution >= 0.6 is 0 Å². The van der Waals surface area contributed by atoms with Crippen LogP contribution in [-0.2, 0) is 4.79 Å². The summed E-state index contributed by atoms with van der Waals surface area (Å²) in [7, 11) is 0. The quantitative estimate of drug-likeness (QED) is 0.204. The molecule has 3 nitrogen and oxygen atoms in total. The number of aliphatic hydroxyl groups is 2. The first-order valence-corrected chi connectivity index (χ1v) is 13.3. The van der Waals surface area contributed by atoms with E-state index < -0.39 is 0 Å². The summed E-state index contributed by atoms with van der Waals surface area (Å²) in [5.74, 6) is 1.56. The molecule has 1 rings (SSSR count). The van der Waals surface area contributed by atoms with Crippen molar-refractivity contribution in [2.24, 2.45) is 17.3 Å². The molecule has 35 heavy (non-hydrogen) atoms. The Kier molecular flexibility index (Phi) is 13.3. The average molecular weight is 483 g/mol. The SMILES string of the molecule is CC(=O)CC(C)CCCC(C)CC=C(O)C=C(C)C=CC=C(C)C=CC1=C(C)CC(O)CC1(C)C. The zero-order chi connectivity index (χ0) is 26.6. The highest BCUT2D eigenvalue weighted by Crippen LogP contribution is 2.41. The van der Waals surface area contributed by atoms with Gasteiger partial charge >= 0.3 is 0 Å². The van der Waals surface area contributed by atoms with Gasteiger partial charge in [0, 0.05) is 6.42 Å². The van der Waals surface area contributed by atoms with Crippen LogP contribution in [0.3, 0.4) is 0 Å². The fraction of sp³-hybridized carbons (Fsp3) is 0.594. The summed E-state index contributed by atoms with van der Waals surface area (Å²) in [4.78, 5) is 11.2. The number of allylic oxidation sites excluding steroid dienone is 10. The van der Waals surface area contributed by atoms with Gasteiger partial charge < -0.3 is 15.0 Å². The van der Waals surface area contributed by atoms with E-state index in [0.29, 0.717) is 24.0 Å². The van der Waals surface area contributed by atoms with Crippen LogP contribution in [0.4, 0.5) is 0 Å². The molecule has 196 valence electrons. The van der Waals surface area contributed by atoms with Crippen LogP contribution in [0.25, 0.3) is 0 Å². The fourth-order valence-electron chi connectivity index (χ4n) is 4.99. The summed E-state index contributed by atoms with van der Waals surface area (Å²) >= 11 is 0. The van der Waals surface area contributed by atoms with E-state index in [1.54, 1.807) is 13.0 Å². The van der Waals surface area contributed by atoms with Gasteiger partial charge in [0.1, 0.15) is 11.5 Å². The van der Waals surface area contributed by atoms with E-state index in [2.05, 4.69) is 59.8 Å². The van der Waals surface area contributed by atoms with E-state index in [1.165, 1.54) is 11.1 Å². The van der Waals surface area contributed by atoms with E-state index in [9.17, 15) is 15.0 Å². The predicted octanol–water partition coefficient (Wildman–Crippen LogP) is 8.74. The molecule has 1 aliphatic carbocycles. The molecule has 0 aromatic rings. The van der Waals surface area contributed by atoms with Crippen LogP contribution in [-0.4, -0.2) is 22.1 Å². The molecule has 0 saturated carbocycles. The topological polar surface area (TPSA) is 57.5 Å². The standard InChI is InChI=1S/C32H50O3/c1-23(11-9-13-25(3)19-28(6)33)15-17-29(34)20-26(4)14-10-12-24(2)16-18-31-27(5)21-30(35)22-32(31,7)8/h10,12,14,16-18,20,23,25,30,34-35H,9,11,13,15,19,21-22H2,1-8H3. The number of aliphatic hydroxyl groups excluding tert-OH is 2. The van der Waals surface area contributed by atoms with E-state index in [4.69, 9.17) is 0 Å². The van der Waals surface area contributed by atoms with Gasteiger partial charge in [-0.15, -0.1) is 0 Å². The Bertz CT molecular complexity index is 876. The maximum Gasteiger partial charge on any atom is 0.130 e. The third-order valence-corrected chi connectivity index (χ3v) is 6.84. The molecule has 3 unspecified atom stereocenters. The number of rotatable bonds is 13. The Balaban J connectivity index is 2.56. The zero-order valence-electron chi connectivity index (χ0n) is 23.5. The maximum atomic E-state index is 11.2. The first-order chi connectivity index (χ1) is 16.3. The van der Waals surface area contributed by atoms with Crippen molar-refractivity contribution >= 4 is 5.78 Å². The second kappa shape index (κ2) is 15.1. The lowest BCUT2D eigenvalue weighted by molar-refractivity contribution is -0.117. The second-order valence-electron chi connectivity index (χ2n) is 11.5. The molecular weight excluding hydrogens is 432 g/mol. The number of ketones is 1. The van der Waals surface area contributed by atoms with Crippen molar-refractivity contribution in [3.05, 3.63) is 70.6 Å². The monoisotopic (exact) mass is 482 g/mol. The van der Waals surface area contributed by atoms with Crippen molar-refractivity contribution in [1.82, 2.24) is 0 Å². The molecule has 0 fully saturated rings. The summed E-state index contributed by atoms with van der Waals surface area (Å²) in [5.41, 5.74) is 4.74. The molecule has 0 aliphatic heterocycles. The fourth-order valence-corrected chi connectivity index (χ4v) is 4.99. The van der Waals surface area contributed by atoms with Crippen LogP contribution in [0, 0.1) is 17.3 Å². The van der Waals surface area contributed by atoms with Crippen molar-refractivity contribution in [3.63, 3.8) is 0 Å². The van der Waals surface area contributed by atoms with Crippen LogP contribution in [0.2, 0.25) is 0 Å². The number of Topliss-reactive ketones (excluding diaryl/α,β-unsaturated/α-hetero) is 1. The molecular formula is C32H50O3. The van der Waals surface area contributed by atoms with Crippen molar-refractivity contribution in [1.29, 1.82) is 0 Å². The van der Waals surface area contributed by atoms with E-state index in [1.807, 2.05) is 25.2 Å². The Morgan fingerprint density at radius 1 is 1.09 bits per heavy atom. The molecule has 0 amide bonds. The minimum Gasteiger partial charge on any atom is -0.508 e. The van der Waals surface area contributed by atoms with E-state index in [-0.39, 0.29) is 17.3 Å². The zero-order valence-corrected chi connectivity index (χ0v) is 23.5. The molecule has 0 bridgehead atoms. The van der Waals surface area contributed by atoms with Crippen LogP contribution in [0.15, 0.2) is 70.6 Å². The normalized spacial score (nSPS) is 21.7. The highest BCUT2D eigenvalue weighted by Gasteiger charge is 2.31. The number of carbonyl (C=O) groups is 1. The minimum atomic E-state index is -0.238. The van der Waals surface area contributed by atoms with Gasteiger partial charge in [0.15, 0.2) is 0 Å². The average Bonchev–Trinajstić information content (AvgIpc) is 2.70. The Labute approximate surface area is 215 Å². The van der Waals surface area contributed by atoms with Gasteiger partial charge in [-0.2, -0.15) is 0 Å². The lowest BCUT2D eigenvalue weighted by Gasteiger charge is -2.35. The third kappa shape index (κ3) is 12.9. The number of carbonyl (C=O) groups excluding carboxylic acids is 1. The molecule has 3 atom stereocenters. The molecule has 0 aromatic carbocycles. The van der Waals surface area contributed by atoms with Crippen molar-refractivity contribution in [2.75, 3.05) is 0 Å². The highest BCUT2D eigenvalue weighted by molar-refractivity contribution is 5.75. The first kappa shape index (κ1) is 30.9. The molecule has 1 aliphatic rings. The number of hydrogen-bond acceptors (Lipinski definition) is 3. The van der Waals surface area contributed by atoms with Gasteiger partial charge in [0.25, 0.3) is 0 Å². The lowest BCUT2D eigenvalue weighted by atomic mass is 9.71. The minimum absolute atomic E-state index is 0.0109. The first-order valence-electron chi connectivity index (χ1n) is 13.3. The summed E-state index contributed by atoms with van der Waals surface area (Å²) in [6.45, 7) is 16.6.